The summed E-state index contributed by atoms with van der Waals surface area (Å²) in [6, 6.07) is 0.259. The van der Waals surface area contributed by atoms with Crippen molar-refractivity contribution in [2.75, 3.05) is 32.7 Å². The largest absolute Gasteiger partial charge is 0.309 e. The van der Waals surface area contributed by atoms with Crippen LogP contribution in [0.15, 0.2) is 4.79 Å². The Hall–Kier alpha value is -1.20. The summed E-state index contributed by atoms with van der Waals surface area (Å²) in [5, 5.41) is 0. The number of aromatic nitrogens is 2. The fraction of sp³-hybridized carbons (Fsp3) is 0.714. The number of aryl methyl sites for hydroxylation is 1. The quantitative estimate of drug-likeness (QED) is 0.859. The van der Waals surface area contributed by atoms with Crippen LogP contribution in [0.3, 0.4) is 0 Å². The van der Waals surface area contributed by atoms with Gasteiger partial charge in [0.1, 0.15) is 5.82 Å². The van der Waals surface area contributed by atoms with Gasteiger partial charge in [-0.3, -0.25) is 14.6 Å². The summed E-state index contributed by atoms with van der Waals surface area (Å²) in [5.74, 6) is 1.06. The number of piperazine rings is 3. The summed E-state index contributed by atoms with van der Waals surface area (Å²) in [6.45, 7) is 11.5. The highest BCUT2D eigenvalue weighted by Gasteiger charge is 2.34. The first-order valence-corrected chi connectivity index (χ1v) is 7.13. The van der Waals surface area contributed by atoms with Crippen LogP contribution in [0, 0.1) is 6.92 Å². The number of fused-ring (bicyclic) bond motifs is 3. The van der Waals surface area contributed by atoms with Gasteiger partial charge in [-0.1, -0.05) is 13.8 Å². The molecule has 4 heterocycles. The van der Waals surface area contributed by atoms with Crippen molar-refractivity contribution < 1.29 is 0 Å². The van der Waals surface area contributed by atoms with Crippen molar-refractivity contribution in [1.29, 1.82) is 0 Å². The molecular weight excluding hydrogens is 240 g/mol. The van der Waals surface area contributed by atoms with Crippen molar-refractivity contribution in [2.45, 2.75) is 32.7 Å². The van der Waals surface area contributed by atoms with E-state index in [2.05, 4.69) is 19.8 Å². The van der Waals surface area contributed by atoms with E-state index in [4.69, 9.17) is 0 Å². The smallest absolute Gasteiger partial charge is 0.254 e. The second-order valence-corrected chi connectivity index (χ2v) is 5.96. The van der Waals surface area contributed by atoms with Gasteiger partial charge in [-0.15, -0.1) is 0 Å². The molecule has 3 fully saturated rings. The van der Waals surface area contributed by atoms with Crippen LogP contribution in [0.25, 0.3) is 0 Å². The Morgan fingerprint density at radius 2 is 1.95 bits per heavy atom. The fourth-order valence-corrected chi connectivity index (χ4v) is 3.33. The van der Waals surface area contributed by atoms with Crippen LogP contribution in [0.5, 0.6) is 0 Å². The third-order valence-corrected chi connectivity index (χ3v) is 4.34. The molecule has 5 heteroatoms. The molecule has 5 nitrogen and oxygen atoms in total. The molecule has 1 atom stereocenters. The van der Waals surface area contributed by atoms with Crippen LogP contribution in [0.1, 0.15) is 42.9 Å². The predicted molar refractivity (Wildman–Crippen MR) is 74.4 cm³/mol. The molecule has 0 aliphatic carbocycles. The zero-order valence-corrected chi connectivity index (χ0v) is 11.9. The lowest BCUT2D eigenvalue weighted by molar-refractivity contribution is 0.00845. The summed E-state index contributed by atoms with van der Waals surface area (Å²) in [6.07, 6.45) is 0. The van der Waals surface area contributed by atoms with Crippen molar-refractivity contribution in [1.82, 2.24) is 19.8 Å². The highest BCUT2D eigenvalue weighted by atomic mass is 16.1. The molecule has 19 heavy (non-hydrogen) atoms. The zero-order valence-electron chi connectivity index (χ0n) is 11.9. The molecule has 0 spiro atoms. The van der Waals surface area contributed by atoms with Crippen molar-refractivity contribution in [3.63, 3.8) is 0 Å². The molecule has 0 saturated carbocycles. The van der Waals surface area contributed by atoms with E-state index in [-0.39, 0.29) is 17.5 Å². The van der Waals surface area contributed by atoms with Gasteiger partial charge in [0, 0.05) is 44.0 Å². The third-order valence-electron chi connectivity index (χ3n) is 4.34. The first-order chi connectivity index (χ1) is 9.06. The fourth-order valence-electron chi connectivity index (χ4n) is 3.33. The van der Waals surface area contributed by atoms with E-state index in [1.165, 1.54) is 0 Å². The first kappa shape index (κ1) is 12.8. The average molecular weight is 262 g/mol. The number of H-pyrrole nitrogens is 1. The molecule has 3 aliphatic rings. The van der Waals surface area contributed by atoms with Crippen LogP contribution in [0.2, 0.25) is 0 Å². The lowest BCUT2D eigenvalue weighted by atomic mass is 10.0. The van der Waals surface area contributed by atoms with Gasteiger partial charge in [-0.05, 0) is 12.8 Å². The lowest BCUT2D eigenvalue weighted by Gasteiger charge is -2.46. The highest BCUT2D eigenvalue weighted by Crippen LogP contribution is 2.26. The van der Waals surface area contributed by atoms with Crippen LogP contribution in [-0.2, 0) is 0 Å². The molecule has 104 valence electrons. The van der Waals surface area contributed by atoms with Crippen molar-refractivity contribution >= 4 is 0 Å². The molecular formula is C14H22N4O. The Kier molecular flexibility index (Phi) is 3.19. The molecule has 1 unspecified atom stereocenters. The van der Waals surface area contributed by atoms with Gasteiger partial charge in [0.2, 0.25) is 0 Å². The minimum atomic E-state index is 0.0372. The highest BCUT2D eigenvalue weighted by molar-refractivity contribution is 5.21. The maximum Gasteiger partial charge on any atom is 0.254 e. The molecule has 1 aromatic rings. The van der Waals surface area contributed by atoms with Gasteiger partial charge in [0.05, 0.1) is 6.04 Å². The summed E-state index contributed by atoms with van der Waals surface area (Å²) in [4.78, 5) is 24.8. The number of hydrogen-bond acceptors (Lipinski definition) is 4. The molecule has 0 radical (unpaired) electrons. The summed E-state index contributed by atoms with van der Waals surface area (Å²) >= 11 is 0. The summed E-state index contributed by atoms with van der Waals surface area (Å²) < 4.78 is 0. The molecule has 0 amide bonds. The Morgan fingerprint density at radius 3 is 2.42 bits per heavy atom. The van der Waals surface area contributed by atoms with Crippen molar-refractivity contribution in [3.05, 3.63) is 27.4 Å². The lowest BCUT2D eigenvalue weighted by Crippen LogP contribution is -2.57. The molecule has 3 aliphatic heterocycles. The molecule has 0 aromatic carbocycles. The van der Waals surface area contributed by atoms with Gasteiger partial charge in [0.15, 0.2) is 0 Å². The molecule has 1 N–H and O–H groups in total. The van der Waals surface area contributed by atoms with E-state index < -0.39 is 0 Å². The van der Waals surface area contributed by atoms with E-state index in [9.17, 15) is 4.79 Å². The van der Waals surface area contributed by atoms with Crippen LogP contribution in [0.4, 0.5) is 0 Å². The Bertz CT molecular complexity index is 529. The number of nitrogens with zero attached hydrogens (tertiary/aromatic N) is 3. The molecule has 3 saturated heterocycles. The van der Waals surface area contributed by atoms with Crippen molar-refractivity contribution in [2.24, 2.45) is 0 Å². The van der Waals surface area contributed by atoms with E-state index in [0.717, 1.165) is 49.8 Å². The topological polar surface area (TPSA) is 52.2 Å². The van der Waals surface area contributed by atoms with Gasteiger partial charge in [0.25, 0.3) is 5.56 Å². The number of rotatable bonds is 2. The van der Waals surface area contributed by atoms with Crippen molar-refractivity contribution in [3.8, 4) is 0 Å². The first-order valence-electron chi connectivity index (χ1n) is 7.13. The number of nitrogens with one attached hydrogen (secondary N) is 1. The Labute approximate surface area is 113 Å². The maximum absolute atomic E-state index is 12.2. The Morgan fingerprint density at radius 1 is 1.26 bits per heavy atom. The van der Waals surface area contributed by atoms with Gasteiger partial charge < -0.3 is 4.98 Å². The van der Waals surface area contributed by atoms with E-state index >= 15 is 0 Å². The zero-order chi connectivity index (χ0) is 13.6. The van der Waals surface area contributed by atoms with Gasteiger partial charge in [-0.25, -0.2) is 4.98 Å². The normalized spacial score (nSPS) is 30.0. The minimum absolute atomic E-state index is 0.0372. The van der Waals surface area contributed by atoms with Crippen LogP contribution in [-0.4, -0.2) is 52.5 Å². The number of hydrogen-bond donors (Lipinski definition) is 1. The average Bonchev–Trinajstić information content (AvgIpc) is 2.38. The van der Waals surface area contributed by atoms with Crippen LogP contribution < -0.4 is 5.56 Å². The van der Waals surface area contributed by atoms with Gasteiger partial charge >= 0.3 is 0 Å². The SMILES string of the molecule is Cc1nc(C2CN3CCN2CC3)[nH]c(=O)c1C(C)C. The summed E-state index contributed by atoms with van der Waals surface area (Å²) in [5.41, 5.74) is 1.74. The standard InChI is InChI=1S/C14H22N4O/c1-9(2)12-10(3)15-13(16-14(12)19)11-8-17-4-6-18(11)7-5-17/h9,11H,4-8H2,1-3H3,(H,15,16,19). The molecule has 1 aromatic heterocycles. The van der Waals surface area contributed by atoms with E-state index in [0.29, 0.717) is 0 Å². The van der Waals surface area contributed by atoms with E-state index in [1.54, 1.807) is 0 Å². The molecule has 2 bridgehead atoms. The monoisotopic (exact) mass is 262 g/mol. The molecule has 4 rings (SSSR count). The van der Waals surface area contributed by atoms with Gasteiger partial charge in [-0.2, -0.15) is 0 Å². The number of aromatic amines is 1. The van der Waals surface area contributed by atoms with E-state index in [1.807, 2.05) is 20.8 Å². The predicted octanol–water partition coefficient (Wildman–Crippen LogP) is 0.874. The van der Waals surface area contributed by atoms with Crippen LogP contribution >= 0.6 is 0 Å². The third kappa shape index (κ3) is 2.21. The second kappa shape index (κ2) is 4.72. The minimum Gasteiger partial charge on any atom is -0.309 e. The maximum atomic E-state index is 12.2. The Balaban J connectivity index is 1.96. The second-order valence-electron chi connectivity index (χ2n) is 5.96. The summed E-state index contributed by atoms with van der Waals surface area (Å²) in [7, 11) is 0.